The Balaban J connectivity index is 0. The highest BCUT2D eigenvalue weighted by Crippen LogP contribution is 2.11. The third kappa shape index (κ3) is 12.4. The predicted octanol–water partition coefficient (Wildman–Crippen LogP) is 0.478. The predicted molar refractivity (Wildman–Crippen MR) is 52.0 cm³/mol. The van der Waals surface area contributed by atoms with E-state index in [0.717, 1.165) is 0 Å². The molecule has 17 heavy (non-hydrogen) atoms. The molecule has 0 aliphatic carbocycles. The van der Waals surface area contributed by atoms with Crippen LogP contribution in [0.25, 0.3) is 0 Å². The van der Waals surface area contributed by atoms with Gasteiger partial charge >= 0.3 is 6.18 Å². The highest BCUT2D eigenvalue weighted by atomic mass is 19.4. The number of carboxylic acids is 1. The summed E-state index contributed by atoms with van der Waals surface area (Å²) in [4.78, 5) is 8.78. The molecule has 0 amide bonds. The van der Waals surface area contributed by atoms with Crippen LogP contribution >= 0.6 is 0 Å². The minimum absolute atomic E-state index is 0.296. The molecule has 0 saturated heterocycles. The van der Waals surface area contributed by atoms with Crippen LogP contribution in [0.1, 0.15) is 0 Å². The van der Waals surface area contributed by atoms with Gasteiger partial charge in [-0.3, -0.25) is 0 Å². The summed E-state index contributed by atoms with van der Waals surface area (Å²) in [5.74, 6) is -0.848. The third-order valence-electron chi connectivity index (χ3n) is 1.35. The lowest BCUT2D eigenvalue weighted by molar-refractivity contribution is -0.879. The van der Waals surface area contributed by atoms with Gasteiger partial charge in [-0.2, -0.15) is 13.2 Å². The Bertz CT molecular complexity index is 315. The fourth-order valence-corrected chi connectivity index (χ4v) is 0.767. The van der Waals surface area contributed by atoms with Crippen molar-refractivity contribution in [3.05, 3.63) is 12.4 Å². The molecule has 0 atom stereocenters. The highest BCUT2D eigenvalue weighted by Gasteiger charge is 2.28. The van der Waals surface area contributed by atoms with E-state index in [1.54, 1.807) is 0 Å². The number of hydrogen-bond donors (Lipinski definition) is 0. The van der Waals surface area contributed by atoms with E-state index in [-0.39, 0.29) is 5.83 Å². The Morgan fingerprint density at radius 3 is 2.00 bits per heavy atom. The lowest BCUT2D eigenvalue weighted by atomic mass is 10.4. The number of halogens is 4. The summed E-state index contributed by atoms with van der Waals surface area (Å²) < 4.78 is 44.3. The van der Waals surface area contributed by atoms with Crippen molar-refractivity contribution >= 4 is 5.97 Å². The summed E-state index contributed by atoms with van der Waals surface area (Å²) in [5, 5.41) is 8.78. The topological polar surface area (TPSA) is 40.1 Å². The van der Waals surface area contributed by atoms with Crippen LogP contribution < -0.4 is 5.11 Å². The maximum absolute atomic E-state index is 12.2. The molecule has 7 heteroatoms. The monoisotopic (exact) mass is 255 g/mol. The molecule has 98 valence electrons. The number of terminal acetylenes is 1. The zero-order valence-electron chi connectivity index (χ0n) is 9.47. The van der Waals surface area contributed by atoms with Crippen LogP contribution in [-0.4, -0.2) is 43.8 Å². The second-order valence-electron chi connectivity index (χ2n) is 3.76. The van der Waals surface area contributed by atoms with Crippen LogP contribution in [0.5, 0.6) is 0 Å². The first kappa shape index (κ1) is 17.8. The average Bonchev–Trinajstić information content (AvgIpc) is 1.99. The second-order valence-corrected chi connectivity index (χ2v) is 3.76. The van der Waals surface area contributed by atoms with E-state index in [1.807, 2.05) is 14.1 Å². The standard InChI is InChI=1S/C8H13FN.C2HF3O2/c1-5-6-10(3,4)7-8(2)9;3-2(4,5)1(6)7/h1H,2,6-7H2,3-4H3;(H,6,7)/q+1;/p-1. The first-order valence-electron chi connectivity index (χ1n) is 4.29. The quantitative estimate of drug-likeness (QED) is 0.418. The van der Waals surface area contributed by atoms with E-state index in [1.165, 1.54) is 0 Å². The number of carbonyl (C=O) groups excluding carboxylic acids is 1. The molecule has 3 nitrogen and oxygen atoms in total. The number of nitrogens with zero attached hydrogens (tertiary/aromatic N) is 1. The van der Waals surface area contributed by atoms with Crippen LogP contribution in [0.4, 0.5) is 17.6 Å². The summed E-state index contributed by atoms with van der Waals surface area (Å²) in [5.41, 5.74) is 0. The minimum atomic E-state index is -5.19. The second kappa shape index (κ2) is 6.91. The largest absolute Gasteiger partial charge is 0.542 e. The lowest BCUT2D eigenvalue weighted by Gasteiger charge is -2.25. The first-order chi connectivity index (χ1) is 7.42. The van der Waals surface area contributed by atoms with Crippen molar-refractivity contribution in [1.82, 2.24) is 0 Å². The molecule has 0 rings (SSSR count). The molecule has 0 fully saturated rings. The summed E-state index contributed by atoms with van der Waals surface area (Å²) in [6.45, 7) is 4.00. The molecule has 0 N–H and O–H groups in total. The van der Waals surface area contributed by atoms with Gasteiger partial charge in [-0.15, -0.1) is 6.42 Å². The molecule has 0 spiro atoms. The smallest absolute Gasteiger partial charge is 0.430 e. The zero-order valence-corrected chi connectivity index (χ0v) is 9.47. The molecular weight excluding hydrogens is 242 g/mol. The van der Waals surface area contributed by atoms with Gasteiger partial charge in [-0.25, -0.2) is 4.39 Å². The molecular formula is C10H13F4NO2. The van der Waals surface area contributed by atoms with Gasteiger partial charge in [0.2, 0.25) is 0 Å². The van der Waals surface area contributed by atoms with E-state index in [0.29, 0.717) is 17.6 Å². The molecule has 0 aliphatic heterocycles. The van der Waals surface area contributed by atoms with Crippen LogP contribution in [0.15, 0.2) is 12.4 Å². The van der Waals surface area contributed by atoms with Gasteiger partial charge in [-0.1, -0.05) is 6.58 Å². The van der Waals surface area contributed by atoms with E-state index in [4.69, 9.17) is 16.3 Å². The fraction of sp³-hybridized carbons (Fsp3) is 0.500. The van der Waals surface area contributed by atoms with Gasteiger partial charge in [0, 0.05) is 0 Å². The number of hydrogen-bond acceptors (Lipinski definition) is 2. The summed E-state index contributed by atoms with van der Waals surface area (Å²) in [7, 11) is 3.73. The lowest BCUT2D eigenvalue weighted by Crippen LogP contribution is -2.40. The van der Waals surface area contributed by atoms with Crippen molar-refractivity contribution in [2.24, 2.45) is 0 Å². The molecule has 0 bridgehead atoms. The van der Waals surface area contributed by atoms with Crippen molar-refractivity contribution in [1.29, 1.82) is 0 Å². The molecule has 0 radical (unpaired) electrons. The number of carboxylic acid groups (broad SMARTS) is 1. The minimum Gasteiger partial charge on any atom is -0.542 e. The summed E-state index contributed by atoms with van der Waals surface area (Å²) >= 11 is 0. The Morgan fingerprint density at radius 2 is 1.82 bits per heavy atom. The van der Waals surface area contributed by atoms with Crippen molar-refractivity contribution in [3.63, 3.8) is 0 Å². The number of quaternary nitrogens is 1. The third-order valence-corrected chi connectivity index (χ3v) is 1.35. The SMILES string of the molecule is C#CC[N+](C)(C)CC(=C)F.O=C([O-])C(F)(F)F. The van der Waals surface area contributed by atoms with E-state index >= 15 is 0 Å². The fourth-order valence-electron chi connectivity index (χ4n) is 0.767. The zero-order chi connectivity index (χ0) is 14.3. The van der Waals surface area contributed by atoms with Crippen LogP contribution in [-0.2, 0) is 4.79 Å². The van der Waals surface area contributed by atoms with Gasteiger partial charge in [-0.05, 0) is 5.92 Å². The summed E-state index contributed by atoms with van der Waals surface area (Å²) in [6.07, 6.45) is -0.122. The van der Waals surface area contributed by atoms with Crippen molar-refractivity contribution in [3.8, 4) is 12.3 Å². The first-order valence-corrected chi connectivity index (χ1v) is 4.29. The van der Waals surface area contributed by atoms with Gasteiger partial charge in [0.25, 0.3) is 0 Å². The van der Waals surface area contributed by atoms with Gasteiger partial charge in [0.15, 0.2) is 0 Å². The van der Waals surface area contributed by atoms with Crippen LogP contribution in [0.2, 0.25) is 0 Å². The highest BCUT2D eigenvalue weighted by molar-refractivity contribution is 5.70. The van der Waals surface area contributed by atoms with E-state index in [9.17, 15) is 17.6 Å². The van der Waals surface area contributed by atoms with Crippen molar-refractivity contribution in [2.45, 2.75) is 6.18 Å². The van der Waals surface area contributed by atoms with Crippen molar-refractivity contribution in [2.75, 3.05) is 27.2 Å². The molecule has 0 aromatic heterocycles. The van der Waals surface area contributed by atoms with Gasteiger partial charge in [0.05, 0.1) is 14.1 Å². The van der Waals surface area contributed by atoms with Gasteiger partial charge < -0.3 is 14.4 Å². The molecule has 0 unspecified atom stereocenters. The number of alkyl halides is 3. The van der Waals surface area contributed by atoms with Gasteiger partial charge in [0.1, 0.15) is 24.9 Å². The Morgan fingerprint density at radius 1 is 1.47 bits per heavy atom. The maximum atomic E-state index is 12.2. The van der Waals surface area contributed by atoms with Crippen LogP contribution in [0.3, 0.4) is 0 Å². The van der Waals surface area contributed by atoms with Crippen molar-refractivity contribution < 1.29 is 31.9 Å². The average molecular weight is 255 g/mol. The van der Waals surface area contributed by atoms with E-state index in [2.05, 4.69) is 12.5 Å². The molecule has 0 aromatic carbocycles. The number of aliphatic carboxylic acids is 1. The molecule has 0 saturated carbocycles. The molecule has 0 heterocycles. The number of carbonyl (C=O) groups is 1. The number of rotatable bonds is 3. The van der Waals surface area contributed by atoms with Crippen LogP contribution in [0, 0.1) is 12.3 Å². The van der Waals surface area contributed by atoms with E-state index < -0.39 is 12.1 Å². The molecule has 0 aromatic rings. The molecule has 0 aliphatic rings. The Kier molecular flexibility index (Phi) is 7.25. The normalized spacial score (nSPS) is 10.9. The number of likely N-dealkylation sites (N-methyl/N-ethyl adjacent to an activating group) is 1. The summed E-state index contributed by atoms with van der Waals surface area (Å²) in [6, 6.07) is 0. The Labute approximate surface area is 96.9 Å². The maximum Gasteiger partial charge on any atom is 0.430 e. The Hall–Kier alpha value is -1.55.